The van der Waals surface area contributed by atoms with Gasteiger partial charge in [0.05, 0.1) is 13.0 Å². The lowest BCUT2D eigenvalue weighted by Crippen LogP contribution is -2.18. The van der Waals surface area contributed by atoms with Gasteiger partial charge in [0.1, 0.15) is 11.9 Å². The van der Waals surface area contributed by atoms with E-state index in [9.17, 15) is 4.39 Å². The lowest BCUT2D eigenvalue weighted by Gasteiger charge is -2.09. The van der Waals surface area contributed by atoms with E-state index >= 15 is 0 Å². The van der Waals surface area contributed by atoms with Crippen molar-refractivity contribution in [3.8, 4) is 0 Å². The largest absolute Gasteiger partial charge is 0.475 e. The van der Waals surface area contributed by atoms with Crippen LogP contribution in [0.1, 0.15) is 12.0 Å². The third-order valence-corrected chi connectivity index (χ3v) is 2.56. The quantitative estimate of drug-likeness (QED) is 0.839. The zero-order chi connectivity index (χ0) is 11.4. The van der Waals surface area contributed by atoms with Gasteiger partial charge >= 0.3 is 0 Å². The minimum absolute atomic E-state index is 0.0757. The first-order valence-electron chi connectivity index (χ1n) is 5.43. The first-order chi connectivity index (χ1) is 7.79. The number of rotatable bonds is 4. The van der Waals surface area contributed by atoms with Crippen LogP contribution in [0.5, 0.6) is 0 Å². The van der Waals surface area contributed by atoms with Gasteiger partial charge in [-0.2, -0.15) is 0 Å². The Bertz CT molecular complexity index is 392. The van der Waals surface area contributed by atoms with Crippen molar-refractivity contribution in [2.24, 2.45) is 10.7 Å². The van der Waals surface area contributed by atoms with Gasteiger partial charge in [-0.05, 0) is 24.6 Å². The molecule has 0 bridgehead atoms. The number of nitrogens with two attached hydrogens (primary N) is 1. The molecular formula is C12H15FN2O. The second kappa shape index (κ2) is 5.07. The van der Waals surface area contributed by atoms with Crippen LogP contribution >= 0.6 is 0 Å². The van der Waals surface area contributed by atoms with E-state index in [1.165, 1.54) is 6.07 Å². The number of nitrogens with zero attached hydrogens (tertiary/aromatic N) is 1. The third-order valence-electron chi connectivity index (χ3n) is 2.56. The molecule has 1 atom stereocenters. The van der Waals surface area contributed by atoms with E-state index in [-0.39, 0.29) is 11.9 Å². The van der Waals surface area contributed by atoms with Gasteiger partial charge in [-0.15, -0.1) is 0 Å². The van der Waals surface area contributed by atoms with Crippen molar-refractivity contribution in [2.75, 3.05) is 13.1 Å². The zero-order valence-electron chi connectivity index (χ0n) is 9.03. The van der Waals surface area contributed by atoms with E-state index in [0.29, 0.717) is 31.0 Å². The van der Waals surface area contributed by atoms with Crippen LogP contribution in [-0.4, -0.2) is 25.1 Å². The van der Waals surface area contributed by atoms with Gasteiger partial charge in [0.15, 0.2) is 5.90 Å². The molecule has 0 radical (unpaired) electrons. The van der Waals surface area contributed by atoms with Crippen molar-refractivity contribution < 1.29 is 9.13 Å². The van der Waals surface area contributed by atoms with Crippen molar-refractivity contribution in [3.05, 3.63) is 35.6 Å². The number of aliphatic imine (C=N–C) groups is 1. The minimum Gasteiger partial charge on any atom is -0.475 e. The monoisotopic (exact) mass is 222 g/mol. The smallest absolute Gasteiger partial charge is 0.188 e. The summed E-state index contributed by atoms with van der Waals surface area (Å²) in [6, 6.07) is 6.68. The molecule has 1 aliphatic heterocycles. The number of halogens is 1. The predicted octanol–water partition coefficient (Wildman–Crippen LogP) is 1.51. The van der Waals surface area contributed by atoms with E-state index < -0.39 is 0 Å². The molecule has 0 saturated carbocycles. The Morgan fingerprint density at radius 3 is 3.00 bits per heavy atom. The summed E-state index contributed by atoms with van der Waals surface area (Å²) < 4.78 is 18.9. The van der Waals surface area contributed by atoms with E-state index in [0.717, 1.165) is 6.42 Å². The van der Waals surface area contributed by atoms with Crippen LogP contribution in [-0.2, 0) is 11.2 Å². The molecular weight excluding hydrogens is 207 g/mol. The molecule has 1 aromatic carbocycles. The first kappa shape index (κ1) is 11.1. The standard InChI is InChI=1S/C12H15FN2O/c13-11-4-2-1-3-9(11)7-12-15-8-10(16-12)5-6-14/h1-4,10H,5-8,14H2. The molecule has 0 saturated heterocycles. The molecule has 2 rings (SSSR count). The Labute approximate surface area is 94.1 Å². The van der Waals surface area contributed by atoms with Crippen LogP contribution in [0.4, 0.5) is 4.39 Å². The van der Waals surface area contributed by atoms with E-state index in [1.54, 1.807) is 12.1 Å². The molecule has 86 valence electrons. The number of benzene rings is 1. The molecule has 1 unspecified atom stereocenters. The fraction of sp³-hybridized carbons (Fsp3) is 0.417. The van der Waals surface area contributed by atoms with Crippen molar-refractivity contribution in [1.29, 1.82) is 0 Å². The van der Waals surface area contributed by atoms with Gasteiger partial charge in [-0.1, -0.05) is 18.2 Å². The van der Waals surface area contributed by atoms with Gasteiger partial charge in [-0.3, -0.25) is 4.99 Å². The zero-order valence-corrected chi connectivity index (χ0v) is 9.03. The summed E-state index contributed by atoms with van der Waals surface area (Å²) in [5.74, 6) is 0.402. The van der Waals surface area contributed by atoms with Crippen LogP contribution in [0.2, 0.25) is 0 Å². The Balaban J connectivity index is 1.95. The van der Waals surface area contributed by atoms with Crippen molar-refractivity contribution in [3.63, 3.8) is 0 Å². The molecule has 1 heterocycles. The molecule has 1 aliphatic rings. The molecule has 2 N–H and O–H groups in total. The Hall–Kier alpha value is -1.42. The Morgan fingerprint density at radius 2 is 2.25 bits per heavy atom. The van der Waals surface area contributed by atoms with Crippen molar-refractivity contribution in [1.82, 2.24) is 0 Å². The first-order valence-corrected chi connectivity index (χ1v) is 5.43. The lowest BCUT2D eigenvalue weighted by molar-refractivity contribution is 0.212. The Kier molecular flexibility index (Phi) is 3.51. The van der Waals surface area contributed by atoms with Gasteiger partial charge in [-0.25, -0.2) is 4.39 Å². The van der Waals surface area contributed by atoms with Gasteiger partial charge in [0, 0.05) is 0 Å². The molecule has 0 aromatic heterocycles. The summed E-state index contributed by atoms with van der Waals surface area (Å²) >= 11 is 0. The molecule has 0 amide bonds. The normalized spacial score (nSPS) is 19.4. The fourth-order valence-electron chi connectivity index (χ4n) is 1.71. The maximum absolute atomic E-state index is 13.4. The summed E-state index contributed by atoms with van der Waals surface area (Å²) in [6.45, 7) is 1.23. The summed E-state index contributed by atoms with van der Waals surface area (Å²) in [5, 5.41) is 0. The summed E-state index contributed by atoms with van der Waals surface area (Å²) in [4.78, 5) is 4.24. The molecule has 1 aromatic rings. The summed E-state index contributed by atoms with van der Waals surface area (Å²) in [7, 11) is 0. The number of hydrogen-bond donors (Lipinski definition) is 1. The topological polar surface area (TPSA) is 47.6 Å². The summed E-state index contributed by atoms with van der Waals surface area (Å²) in [6.07, 6.45) is 1.30. The highest BCUT2D eigenvalue weighted by molar-refractivity contribution is 5.80. The maximum Gasteiger partial charge on any atom is 0.188 e. The summed E-state index contributed by atoms with van der Waals surface area (Å²) in [5.41, 5.74) is 6.06. The molecule has 4 heteroatoms. The average Bonchev–Trinajstić information content (AvgIpc) is 2.70. The van der Waals surface area contributed by atoms with Crippen LogP contribution in [0.15, 0.2) is 29.3 Å². The van der Waals surface area contributed by atoms with Gasteiger partial charge < -0.3 is 10.5 Å². The molecule has 0 aliphatic carbocycles. The lowest BCUT2D eigenvalue weighted by atomic mass is 10.1. The van der Waals surface area contributed by atoms with E-state index in [4.69, 9.17) is 10.5 Å². The highest BCUT2D eigenvalue weighted by Crippen LogP contribution is 2.14. The second-order valence-corrected chi connectivity index (χ2v) is 3.82. The molecule has 0 spiro atoms. The van der Waals surface area contributed by atoms with Gasteiger partial charge in [0.25, 0.3) is 0 Å². The van der Waals surface area contributed by atoms with E-state index in [2.05, 4.69) is 4.99 Å². The highest BCUT2D eigenvalue weighted by atomic mass is 19.1. The number of hydrogen-bond acceptors (Lipinski definition) is 3. The van der Waals surface area contributed by atoms with Crippen LogP contribution < -0.4 is 5.73 Å². The highest BCUT2D eigenvalue weighted by Gasteiger charge is 2.19. The minimum atomic E-state index is -0.212. The van der Waals surface area contributed by atoms with Crippen molar-refractivity contribution >= 4 is 5.90 Å². The maximum atomic E-state index is 13.4. The fourth-order valence-corrected chi connectivity index (χ4v) is 1.71. The van der Waals surface area contributed by atoms with Crippen LogP contribution in [0.3, 0.4) is 0 Å². The van der Waals surface area contributed by atoms with Crippen LogP contribution in [0, 0.1) is 5.82 Å². The van der Waals surface area contributed by atoms with Crippen LogP contribution in [0.25, 0.3) is 0 Å². The SMILES string of the molecule is NCCC1CN=C(Cc2ccccc2F)O1. The van der Waals surface area contributed by atoms with Gasteiger partial charge in [0.2, 0.25) is 0 Å². The molecule has 0 fully saturated rings. The predicted molar refractivity (Wildman–Crippen MR) is 61.0 cm³/mol. The van der Waals surface area contributed by atoms with E-state index in [1.807, 2.05) is 6.07 Å². The Morgan fingerprint density at radius 1 is 1.44 bits per heavy atom. The molecule has 3 nitrogen and oxygen atoms in total. The second-order valence-electron chi connectivity index (χ2n) is 3.82. The molecule has 16 heavy (non-hydrogen) atoms. The average molecular weight is 222 g/mol. The third kappa shape index (κ3) is 2.58. The number of ether oxygens (including phenoxy) is 1. The van der Waals surface area contributed by atoms with Crippen molar-refractivity contribution in [2.45, 2.75) is 18.9 Å².